The fourth-order valence-corrected chi connectivity index (χ4v) is 7.41. The topological polar surface area (TPSA) is 155 Å². The van der Waals surface area contributed by atoms with E-state index in [1.165, 1.54) is 0 Å². The number of nitrogens with one attached hydrogen (secondary N) is 2. The van der Waals surface area contributed by atoms with E-state index in [1.54, 1.807) is 31.2 Å². The summed E-state index contributed by atoms with van der Waals surface area (Å²) in [4.78, 5) is 66.3. The molecule has 2 aromatic carbocycles. The van der Waals surface area contributed by atoms with Gasteiger partial charge in [0, 0.05) is 16.5 Å². The number of amides is 3. The molecular formula is C27H25N3O8S2. The third kappa shape index (κ3) is 5.21. The number of aromatic amines is 1. The minimum absolute atomic E-state index is 0.279. The zero-order chi connectivity index (χ0) is 28.6. The smallest absolute Gasteiger partial charge is 0.323 e. The lowest BCUT2D eigenvalue weighted by Gasteiger charge is -2.30. The lowest BCUT2D eigenvalue weighted by atomic mass is 9.83. The highest BCUT2D eigenvalue weighted by Crippen LogP contribution is 2.53. The number of nitrogens with zero attached hydrogens (tertiary/aromatic N) is 1. The van der Waals surface area contributed by atoms with Crippen molar-refractivity contribution < 1.29 is 33.8 Å². The van der Waals surface area contributed by atoms with Gasteiger partial charge in [0.25, 0.3) is 5.91 Å². The van der Waals surface area contributed by atoms with Crippen molar-refractivity contribution in [2.75, 3.05) is 25.1 Å². The molecule has 5 rings (SSSR count). The molecule has 0 saturated carbocycles. The Morgan fingerprint density at radius 2 is 1.85 bits per heavy atom. The molecule has 0 aliphatic carbocycles. The fourth-order valence-electron chi connectivity index (χ4n) is 4.87. The summed E-state index contributed by atoms with van der Waals surface area (Å²) in [6, 6.07) is 12.3. The number of carboxylic acid groups (broad SMARTS) is 1. The van der Waals surface area contributed by atoms with Crippen LogP contribution in [0.1, 0.15) is 28.8 Å². The minimum Gasteiger partial charge on any atom is -0.490 e. The first-order chi connectivity index (χ1) is 19.2. The monoisotopic (exact) mass is 583 g/mol. The predicted molar refractivity (Wildman–Crippen MR) is 147 cm³/mol. The van der Waals surface area contributed by atoms with E-state index >= 15 is 0 Å². The van der Waals surface area contributed by atoms with Gasteiger partial charge in [0.15, 0.2) is 18.1 Å². The Morgan fingerprint density at radius 3 is 2.58 bits per heavy atom. The molecule has 2 aliphatic heterocycles. The van der Waals surface area contributed by atoms with Crippen molar-refractivity contribution >= 4 is 52.5 Å². The number of thiazole rings is 1. The predicted octanol–water partition coefficient (Wildman–Crippen LogP) is 2.84. The number of hydrogen-bond donors (Lipinski definition) is 3. The van der Waals surface area contributed by atoms with Crippen LogP contribution in [0.25, 0.3) is 0 Å². The number of carboxylic acids is 1. The summed E-state index contributed by atoms with van der Waals surface area (Å²) >= 11 is 2.01. The van der Waals surface area contributed by atoms with Gasteiger partial charge in [-0.25, -0.2) is 0 Å². The molecule has 2 aliphatic rings. The van der Waals surface area contributed by atoms with Gasteiger partial charge in [0.1, 0.15) is 11.8 Å². The summed E-state index contributed by atoms with van der Waals surface area (Å²) in [5.74, 6) is -3.84. The van der Waals surface area contributed by atoms with Crippen LogP contribution < -0.4 is 19.7 Å². The first-order valence-electron chi connectivity index (χ1n) is 12.4. The summed E-state index contributed by atoms with van der Waals surface area (Å²) in [5.41, 5.74) is 2.17. The molecule has 3 amide bonds. The SMILES string of the molecule is CCOc1cc([C@@H]2c3sc(=O)[nH]c3SC3C(=O)N(CC(=O)O)C(=O)C32)ccc1OCC(=O)Nc1ccccc1C. The Labute approximate surface area is 236 Å². The Bertz CT molecular complexity index is 1570. The van der Waals surface area contributed by atoms with Crippen LogP contribution in [0.15, 0.2) is 52.3 Å². The molecule has 11 nitrogen and oxygen atoms in total. The van der Waals surface area contributed by atoms with Gasteiger partial charge in [0.2, 0.25) is 11.8 Å². The number of ether oxygens (including phenoxy) is 2. The van der Waals surface area contributed by atoms with Crippen LogP contribution in [0.5, 0.6) is 11.5 Å². The van der Waals surface area contributed by atoms with Crippen LogP contribution in [0, 0.1) is 12.8 Å². The van der Waals surface area contributed by atoms with Crippen molar-refractivity contribution in [1.29, 1.82) is 0 Å². The van der Waals surface area contributed by atoms with E-state index < -0.39 is 41.4 Å². The largest absolute Gasteiger partial charge is 0.490 e. The van der Waals surface area contributed by atoms with Crippen LogP contribution in [-0.4, -0.2) is 63.7 Å². The number of carbonyl (C=O) groups excluding carboxylic acids is 3. The number of hydrogen-bond acceptors (Lipinski definition) is 9. The Hall–Kier alpha value is -4.10. The molecule has 2 unspecified atom stereocenters. The number of imide groups is 1. The third-order valence-electron chi connectivity index (χ3n) is 6.61. The molecule has 1 fully saturated rings. The first kappa shape index (κ1) is 27.5. The van der Waals surface area contributed by atoms with Crippen LogP contribution >= 0.6 is 23.1 Å². The van der Waals surface area contributed by atoms with Crippen LogP contribution in [0.2, 0.25) is 0 Å². The maximum atomic E-state index is 13.4. The molecule has 0 bridgehead atoms. The highest BCUT2D eigenvalue weighted by atomic mass is 32.2. The fraction of sp³-hybridized carbons (Fsp3) is 0.296. The van der Waals surface area contributed by atoms with Gasteiger partial charge in [-0.3, -0.25) is 28.9 Å². The standard InChI is InChI=1S/C27H25N3O8S2/c1-3-37-17-10-14(8-9-16(17)38-12-18(31)28-15-7-5-4-6-13(15)2)20-21-23(39-24-22(20)40-27(36)29-24)26(35)30(25(21)34)11-19(32)33/h4-10,20-21,23H,3,11-12H2,1-2H3,(H,28,31)(H,29,36)(H,32,33)/t20-,21?,23?/m0/s1. The van der Waals surface area contributed by atoms with Gasteiger partial charge in [-0.1, -0.05) is 47.4 Å². The van der Waals surface area contributed by atoms with E-state index in [1.807, 2.05) is 25.1 Å². The van der Waals surface area contributed by atoms with Gasteiger partial charge >= 0.3 is 10.8 Å². The summed E-state index contributed by atoms with van der Waals surface area (Å²) < 4.78 is 11.6. The number of aliphatic carboxylic acids is 1. The summed E-state index contributed by atoms with van der Waals surface area (Å²) in [7, 11) is 0. The maximum Gasteiger partial charge on any atom is 0.323 e. The van der Waals surface area contributed by atoms with Gasteiger partial charge in [-0.15, -0.1) is 0 Å². The molecule has 3 aromatic rings. The van der Waals surface area contributed by atoms with E-state index in [2.05, 4.69) is 10.3 Å². The van der Waals surface area contributed by atoms with Crippen molar-refractivity contribution in [3.8, 4) is 11.5 Å². The number of anilines is 1. The number of thioether (sulfide) groups is 1. The summed E-state index contributed by atoms with van der Waals surface area (Å²) in [6.07, 6.45) is 0. The van der Waals surface area contributed by atoms with E-state index in [4.69, 9.17) is 9.47 Å². The molecule has 3 heterocycles. The Kier molecular flexibility index (Phi) is 7.68. The summed E-state index contributed by atoms with van der Waals surface area (Å²) in [6.45, 7) is 2.94. The Balaban J connectivity index is 1.44. The second-order valence-electron chi connectivity index (χ2n) is 9.20. The maximum absolute atomic E-state index is 13.4. The third-order valence-corrected chi connectivity index (χ3v) is 9.01. The molecule has 0 spiro atoms. The number of aryl methyl sites for hydroxylation is 1. The molecule has 1 saturated heterocycles. The molecule has 208 valence electrons. The second kappa shape index (κ2) is 11.2. The van der Waals surface area contributed by atoms with Gasteiger partial charge < -0.3 is 24.9 Å². The molecule has 3 atom stereocenters. The average molecular weight is 584 g/mol. The molecule has 13 heteroatoms. The number of rotatable bonds is 9. The second-order valence-corrected chi connectivity index (χ2v) is 11.4. The number of H-pyrrole nitrogens is 1. The Morgan fingerprint density at radius 1 is 1.07 bits per heavy atom. The molecule has 3 N–H and O–H groups in total. The number of carbonyl (C=O) groups is 4. The number of para-hydroxylation sites is 1. The molecular weight excluding hydrogens is 558 g/mol. The van der Waals surface area contributed by atoms with Crippen molar-refractivity contribution in [2.24, 2.45) is 5.92 Å². The lowest BCUT2D eigenvalue weighted by molar-refractivity contribution is -0.149. The number of benzene rings is 2. The number of likely N-dealkylation sites (tertiary alicyclic amines) is 1. The minimum atomic E-state index is -1.29. The van der Waals surface area contributed by atoms with Crippen LogP contribution in [0.4, 0.5) is 5.69 Å². The normalized spacial score (nSPS) is 19.6. The lowest BCUT2D eigenvalue weighted by Crippen LogP contribution is -2.36. The van der Waals surface area contributed by atoms with E-state index in [9.17, 15) is 29.1 Å². The van der Waals surface area contributed by atoms with Crippen molar-refractivity contribution in [2.45, 2.75) is 30.0 Å². The van der Waals surface area contributed by atoms with Crippen molar-refractivity contribution in [3.63, 3.8) is 0 Å². The highest BCUT2D eigenvalue weighted by Gasteiger charge is 2.56. The molecule has 1 aromatic heterocycles. The number of fused-ring (bicyclic) bond motifs is 2. The zero-order valence-electron chi connectivity index (χ0n) is 21.5. The van der Waals surface area contributed by atoms with Gasteiger partial charge in [0.05, 0.1) is 17.6 Å². The summed E-state index contributed by atoms with van der Waals surface area (Å²) in [5, 5.41) is 11.7. The quantitative estimate of drug-likeness (QED) is 0.323. The van der Waals surface area contributed by atoms with Gasteiger partial charge in [-0.05, 0) is 43.2 Å². The average Bonchev–Trinajstić information content (AvgIpc) is 3.39. The van der Waals surface area contributed by atoms with E-state index in [0.717, 1.165) is 33.6 Å². The van der Waals surface area contributed by atoms with Crippen LogP contribution in [0.3, 0.4) is 0 Å². The van der Waals surface area contributed by atoms with Crippen LogP contribution in [-0.2, 0) is 19.2 Å². The molecule has 0 radical (unpaired) electrons. The first-order valence-corrected chi connectivity index (χ1v) is 14.1. The molecule has 40 heavy (non-hydrogen) atoms. The number of aromatic nitrogens is 1. The van der Waals surface area contributed by atoms with Crippen molar-refractivity contribution in [1.82, 2.24) is 9.88 Å². The van der Waals surface area contributed by atoms with E-state index in [-0.39, 0.29) is 24.0 Å². The van der Waals surface area contributed by atoms with Gasteiger partial charge in [-0.2, -0.15) is 0 Å². The highest BCUT2D eigenvalue weighted by molar-refractivity contribution is 8.00. The zero-order valence-corrected chi connectivity index (χ0v) is 23.1. The van der Waals surface area contributed by atoms with E-state index in [0.29, 0.717) is 32.7 Å². The van der Waals surface area contributed by atoms with Crippen molar-refractivity contribution in [3.05, 3.63) is 68.1 Å².